The number of carbonyl (C=O) groups is 1. The van der Waals surface area contributed by atoms with Crippen LogP contribution in [0.4, 0.5) is 5.69 Å². The number of halogens is 1. The van der Waals surface area contributed by atoms with E-state index in [1.165, 1.54) is 0 Å². The summed E-state index contributed by atoms with van der Waals surface area (Å²) in [5.74, 6) is 0.886. The zero-order valence-electron chi connectivity index (χ0n) is 14.5. The van der Waals surface area contributed by atoms with Crippen molar-refractivity contribution in [1.29, 1.82) is 0 Å². The monoisotopic (exact) mass is 358 g/mol. The fourth-order valence-electron chi connectivity index (χ4n) is 2.94. The molecule has 0 radical (unpaired) electrons. The largest absolute Gasteiger partial charge is 0.494 e. The number of amides is 1. The van der Waals surface area contributed by atoms with Crippen LogP contribution in [-0.4, -0.2) is 43.6 Å². The predicted molar refractivity (Wildman–Crippen MR) is 102 cm³/mol. The number of benzene rings is 2. The quantitative estimate of drug-likeness (QED) is 0.807. The van der Waals surface area contributed by atoms with Crippen molar-refractivity contribution in [2.75, 3.05) is 37.7 Å². The number of carbonyl (C=O) groups excluding carboxylic acids is 1. The summed E-state index contributed by atoms with van der Waals surface area (Å²) in [5, 5.41) is 0.737. The maximum atomic E-state index is 12.7. The van der Waals surface area contributed by atoms with Gasteiger partial charge in [-0.15, -0.1) is 0 Å². The molecular weight excluding hydrogens is 336 g/mol. The second-order valence-corrected chi connectivity index (χ2v) is 6.57. The van der Waals surface area contributed by atoms with Crippen molar-refractivity contribution in [3.8, 4) is 5.75 Å². The van der Waals surface area contributed by atoms with Crippen molar-refractivity contribution in [2.45, 2.75) is 13.3 Å². The molecule has 0 bridgehead atoms. The standard InChI is InChI=1S/C20H23ClN2O2/c1-2-14-25-19-8-6-16(7-9-19)20(24)23-12-10-22(11-13-23)18-5-3-4-17(21)15-18/h3-9,15H,2,10-14H2,1H3. The van der Waals surface area contributed by atoms with Gasteiger partial charge in [-0.25, -0.2) is 0 Å². The summed E-state index contributed by atoms with van der Waals surface area (Å²) in [6.07, 6.45) is 0.970. The molecule has 0 atom stereocenters. The summed E-state index contributed by atoms with van der Waals surface area (Å²) in [5.41, 5.74) is 1.82. The molecular formula is C20H23ClN2O2. The van der Waals surface area contributed by atoms with Gasteiger partial charge in [0.05, 0.1) is 6.61 Å². The molecule has 0 unspecified atom stereocenters. The van der Waals surface area contributed by atoms with Gasteiger partial charge >= 0.3 is 0 Å². The van der Waals surface area contributed by atoms with E-state index in [2.05, 4.69) is 17.9 Å². The van der Waals surface area contributed by atoms with Gasteiger partial charge in [0.2, 0.25) is 0 Å². The summed E-state index contributed by atoms with van der Waals surface area (Å²) < 4.78 is 5.57. The van der Waals surface area contributed by atoms with Gasteiger partial charge < -0.3 is 14.5 Å². The molecule has 2 aromatic carbocycles. The molecule has 1 fully saturated rings. The Morgan fingerprint density at radius 2 is 1.80 bits per heavy atom. The van der Waals surface area contributed by atoms with E-state index in [1.54, 1.807) is 0 Å². The maximum Gasteiger partial charge on any atom is 0.253 e. The molecule has 2 aromatic rings. The van der Waals surface area contributed by atoms with Gasteiger partial charge in [-0.2, -0.15) is 0 Å². The minimum atomic E-state index is 0.0767. The highest BCUT2D eigenvalue weighted by atomic mass is 35.5. The van der Waals surface area contributed by atoms with E-state index in [0.29, 0.717) is 25.3 Å². The Hall–Kier alpha value is -2.20. The van der Waals surface area contributed by atoms with Crippen LogP contribution in [0, 0.1) is 0 Å². The van der Waals surface area contributed by atoms with Crippen molar-refractivity contribution in [2.24, 2.45) is 0 Å². The lowest BCUT2D eigenvalue weighted by Crippen LogP contribution is -2.48. The van der Waals surface area contributed by atoms with Crippen LogP contribution in [0.1, 0.15) is 23.7 Å². The molecule has 25 heavy (non-hydrogen) atoms. The van der Waals surface area contributed by atoms with Gasteiger partial charge in [0.25, 0.3) is 5.91 Å². The normalized spacial score (nSPS) is 14.5. The summed E-state index contributed by atoms with van der Waals surface area (Å²) in [6.45, 7) is 5.80. The van der Waals surface area contributed by atoms with E-state index in [-0.39, 0.29) is 5.91 Å². The number of piperazine rings is 1. The van der Waals surface area contributed by atoms with E-state index in [0.717, 1.165) is 36.0 Å². The molecule has 1 aliphatic heterocycles. The molecule has 4 nitrogen and oxygen atoms in total. The first kappa shape index (κ1) is 17.6. The molecule has 132 valence electrons. The number of hydrogen-bond donors (Lipinski definition) is 0. The third kappa shape index (κ3) is 4.45. The summed E-state index contributed by atoms with van der Waals surface area (Å²) in [7, 11) is 0. The first-order valence-electron chi connectivity index (χ1n) is 8.70. The van der Waals surface area contributed by atoms with Crippen molar-refractivity contribution in [1.82, 2.24) is 4.90 Å². The molecule has 0 spiro atoms. The molecule has 1 saturated heterocycles. The Morgan fingerprint density at radius 3 is 2.44 bits per heavy atom. The predicted octanol–water partition coefficient (Wildman–Crippen LogP) is 4.09. The van der Waals surface area contributed by atoms with Crippen LogP contribution in [0.3, 0.4) is 0 Å². The Labute approximate surface area is 154 Å². The van der Waals surface area contributed by atoms with Crippen LogP contribution in [-0.2, 0) is 0 Å². The second-order valence-electron chi connectivity index (χ2n) is 6.13. The lowest BCUT2D eigenvalue weighted by molar-refractivity contribution is 0.0746. The minimum absolute atomic E-state index is 0.0767. The van der Waals surface area contributed by atoms with Crippen molar-refractivity contribution in [3.05, 3.63) is 59.1 Å². The molecule has 1 aliphatic rings. The zero-order valence-corrected chi connectivity index (χ0v) is 15.2. The zero-order chi connectivity index (χ0) is 17.6. The third-order valence-corrected chi connectivity index (χ3v) is 4.55. The first-order chi connectivity index (χ1) is 12.2. The highest BCUT2D eigenvalue weighted by Gasteiger charge is 2.22. The Balaban J connectivity index is 1.58. The summed E-state index contributed by atoms with van der Waals surface area (Å²) in [4.78, 5) is 16.8. The Kier molecular flexibility index (Phi) is 5.82. The van der Waals surface area contributed by atoms with Crippen LogP contribution < -0.4 is 9.64 Å². The van der Waals surface area contributed by atoms with E-state index in [9.17, 15) is 4.79 Å². The molecule has 0 N–H and O–H groups in total. The SMILES string of the molecule is CCCOc1ccc(C(=O)N2CCN(c3cccc(Cl)c3)CC2)cc1. The van der Waals surface area contributed by atoms with Crippen LogP contribution in [0.15, 0.2) is 48.5 Å². The van der Waals surface area contributed by atoms with Gasteiger partial charge in [0.1, 0.15) is 5.75 Å². The van der Waals surface area contributed by atoms with Crippen molar-refractivity contribution >= 4 is 23.2 Å². The highest BCUT2D eigenvalue weighted by molar-refractivity contribution is 6.30. The smallest absolute Gasteiger partial charge is 0.253 e. The molecule has 1 amide bonds. The molecule has 0 aliphatic carbocycles. The number of hydrogen-bond acceptors (Lipinski definition) is 3. The fourth-order valence-corrected chi connectivity index (χ4v) is 3.12. The topological polar surface area (TPSA) is 32.8 Å². The van der Waals surface area contributed by atoms with E-state index in [4.69, 9.17) is 16.3 Å². The van der Waals surface area contributed by atoms with Gasteiger partial charge in [0.15, 0.2) is 0 Å². The maximum absolute atomic E-state index is 12.7. The average molecular weight is 359 g/mol. The summed E-state index contributed by atoms with van der Waals surface area (Å²) in [6, 6.07) is 15.3. The first-order valence-corrected chi connectivity index (χ1v) is 9.08. The lowest BCUT2D eigenvalue weighted by atomic mass is 10.1. The van der Waals surface area contributed by atoms with Gasteiger partial charge in [0, 0.05) is 42.5 Å². The fraction of sp³-hybridized carbons (Fsp3) is 0.350. The van der Waals surface area contributed by atoms with Crippen molar-refractivity contribution < 1.29 is 9.53 Å². The highest BCUT2D eigenvalue weighted by Crippen LogP contribution is 2.21. The Bertz CT molecular complexity index is 710. The molecule has 5 heteroatoms. The van der Waals surface area contributed by atoms with E-state index < -0.39 is 0 Å². The Morgan fingerprint density at radius 1 is 1.08 bits per heavy atom. The molecule has 0 saturated carbocycles. The molecule has 0 aromatic heterocycles. The summed E-state index contributed by atoms with van der Waals surface area (Å²) >= 11 is 6.07. The van der Waals surface area contributed by atoms with Gasteiger partial charge in [-0.1, -0.05) is 24.6 Å². The number of ether oxygens (including phenoxy) is 1. The number of nitrogens with zero attached hydrogens (tertiary/aromatic N) is 2. The number of anilines is 1. The van der Waals surface area contributed by atoms with Gasteiger partial charge in [-0.3, -0.25) is 4.79 Å². The number of rotatable bonds is 5. The van der Waals surface area contributed by atoms with Crippen LogP contribution >= 0.6 is 11.6 Å². The lowest BCUT2D eigenvalue weighted by Gasteiger charge is -2.36. The molecule has 1 heterocycles. The van der Waals surface area contributed by atoms with Gasteiger partial charge in [-0.05, 0) is 48.9 Å². The third-order valence-electron chi connectivity index (χ3n) is 4.31. The van der Waals surface area contributed by atoms with Crippen LogP contribution in [0.2, 0.25) is 5.02 Å². The minimum Gasteiger partial charge on any atom is -0.494 e. The molecule has 3 rings (SSSR count). The second kappa shape index (κ2) is 8.26. The van der Waals surface area contributed by atoms with Crippen LogP contribution in [0.25, 0.3) is 0 Å². The van der Waals surface area contributed by atoms with E-state index >= 15 is 0 Å². The van der Waals surface area contributed by atoms with Crippen molar-refractivity contribution in [3.63, 3.8) is 0 Å². The van der Waals surface area contributed by atoms with Crippen LogP contribution in [0.5, 0.6) is 5.75 Å². The van der Waals surface area contributed by atoms with E-state index in [1.807, 2.05) is 47.4 Å². The average Bonchev–Trinajstić information content (AvgIpc) is 2.66.